The zero-order valence-corrected chi connectivity index (χ0v) is 23.2. The largest absolute Gasteiger partial charge is 0.326 e. The third-order valence-electron chi connectivity index (χ3n) is 7.08. The lowest BCUT2D eigenvalue weighted by atomic mass is 9.84. The number of benzene rings is 3. The first-order chi connectivity index (χ1) is 19.0. The van der Waals surface area contributed by atoms with E-state index in [1.807, 2.05) is 49.4 Å². The Morgan fingerprint density at radius 1 is 0.974 bits per heavy atom. The van der Waals surface area contributed by atoms with Gasteiger partial charge in [0.05, 0.1) is 6.54 Å². The monoisotopic (exact) mass is 587 g/mol. The summed E-state index contributed by atoms with van der Waals surface area (Å²) in [6, 6.07) is 21.0. The number of amides is 3. The SMILES string of the molecule is Cc1ccc(NC(=O)N(Cc2ccc(C(=O)Nc3nn[nH]n3)cc2)c2ccc(C3CCCCC3)cc2)cc1Br. The number of aryl methyl sites for hydroxylation is 1. The number of hydrogen-bond acceptors (Lipinski definition) is 5. The van der Waals surface area contributed by atoms with Gasteiger partial charge in [0.1, 0.15) is 0 Å². The first kappa shape index (κ1) is 26.6. The minimum atomic E-state index is -0.346. The molecule has 1 heterocycles. The van der Waals surface area contributed by atoms with Crippen LogP contribution in [0.2, 0.25) is 0 Å². The molecule has 3 N–H and O–H groups in total. The Morgan fingerprint density at radius 3 is 2.38 bits per heavy atom. The van der Waals surface area contributed by atoms with E-state index < -0.39 is 0 Å². The molecule has 10 heteroatoms. The molecular formula is C29H30BrN7O2. The number of carbonyl (C=O) groups excluding carboxylic acids is 2. The molecule has 0 aliphatic heterocycles. The van der Waals surface area contributed by atoms with Gasteiger partial charge in [0, 0.05) is 21.4 Å². The molecule has 0 bridgehead atoms. The van der Waals surface area contributed by atoms with Crippen LogP contribution < -0.4 is 15.5 Å². The van der Waals surface area contributed by atoms with E-state index in [9.17, 15) is 9.59 Å². The number of nitrogens with one attached hydrogen (secondary N) is 3. The Bertz CT molecular complexity index is 1420. The summed E-state index contributed by atoms with van der Waals surface area (Å²) in [5, 5.41) is 18.8. The lowest BCUT2D eigenvalue weighted by Gasteiger charge is -2.26. The maximum Gasteiger partial charge on any atom is 0.326 e. The van der Waals surface area contributed by atoms with Gasteiger partial charge in [-0.2, -0.15) is 5.21 Å². The van der Waals surface area contributed by atoms with Crippen LogP contribution in [0.25, 0.3) is 0 Å². The van der Waals surface area contributed by atoms with E-state index in [4.69, 9.17) is 0 Å². The maximum atomic E-state index is 13.6. The van der Waals surface area contributed by atoms with Crippen molar-refractivity contribution in [3.8, 4) is 0 Å². The van der Waals surface area contributed by atoms with Crippen molar-refractivity contribution in [2.75, 3.05) is 15.5 Å². The van der Waals surface area contributed by atoms with Crippen LogP contribution in [-0.2, 0) is 6.54 Å². The summed E-state index contributed by atoms with van der Waals surface area (Å²) in [4.78, 5) is 27.8. The van der Waals surface area contributed by atoms with Gasteiger partial charge in [-0.3, -0.25) is 15.0 Å². The van der Waals surface area contributed by atoms with Crippen LogP contribution in [-0.4, -0.2) is 32.6 Å². The maximum absolute atomic E-state index is 13.6. The highest BCUT2D eigenvalue weighted by molar-refractivity contribution is 9.10. The lowest BCUT2D eigenvalue weighted by Crippen LogP contribution is -2.34. The number of H-pyrrole nitrogens is 1. The van der Waals surface area contributed by atoms with Crippen molar-refractivity contribution in [3.63, 3.8) is 0 Å². The predicted octanol–water partition coefficient (Wildman–Crippen LogP) is 6.81. The third kappa shape index (κ3) is 6.69. The number of urea groups is 1. The van der Waals surface area contributed by atoms with E-state index in [-0.39, 0.29) is 17.9 Å². The van der Waals surface area contributed by atoms with Gasteiger partial charge in [-0.05, 0) is 84.0 Å². The van der Waals surface area contributed by atoms with Gasteiger partial charge >= 0.3 is 6.03 Å². The molecular weight excluding hydrogens is 558 g/mol. The molecule has 3 amide bonds. The minimum absolute atomic E-state index is 0.103. The van der Waals surface area contributed by atoms with Crippen molar-refractivity contribution in [2.24, 2.45) is 0 Å². The number of tetrazole rings is 1. The zero-order chi connectivity index (χ0) is 27.2. The number of carbonyl (C=O) groups is 2. The summed E-state index contributed by atoms with van der Waals surface area (Å²) in [5.74, 6) is 0.346. The molecule has 39 heavy (non-hydrogen) atoms. The van der Waals surface area contributed by atoms with E-state index in [1.54, 1.807) is 17.0 Å². The second-order valence-electron chi connectivity index (χ2n) is 9.79. The molecule has 0 unspecified atom stereocenters. The van der Waals surface area contributed by atoms with Crippen LogP contribution in [0.1, 0.15) is 65.1 Å². The molecule has 1 fully saturated rings. The second kappa shape index (κ2) is 12.2. The van der Waals surface area contributed by atoms with Gasteiger partial charge in [-0.1, -0.05) is 70.6 Å². The first-order valence-electron chi connectivity index (χ1n) is 13.0. The number of hydrogen-bond donors (Lipinski definition) is 3. The van der Waals surface area contributed by atoms with E-state index in [0.29, 0.717) is 23.7 Å². The third-order valence-corrected chi connectivity index (χ3v) is 7.93. The Hall–Kier alpha value is -4.05. The molecule has 1 aliphatic rings. The Labute approximate surface area is 235 Å². The molecule has 9 nitrogen and oxygen atoms in total. The van der Waals surface area contributed by atoms with Gasteiger partial charge in [0.25, 0.3) is 11.9 Å². The second-order valence-corrected chi connectivity index (χ2v) is 10.6. The molecule has 0 spiro atoms. The highest BCUT2D eigenvalue weighted by Gasteiger charge is 2.20. The molecule has 1 aromatic heterocycles. The molecule has 0 atom stereocenters. The normalized spacial score (nSPS) is 13.6. The van der Waals surface area contributed by atoms with Crippen molar-refractivity contribution in [2.45, 2.75) is 51.5 Å². The molecule has 1 aliphatic carbocycles. The van der Waals surface area contributed by atoms with Crippen molar-refractivity contribution < 1.29 is 9.59 Å². The van der Waals surface area contributed by atoms with Gasteiger partial charge in [0.15, 0.2) is 0 Å². The van der Waals surface area contributed by atoms with Crippen LogP contribution in [0.5, 0.6) is 0 Å². The average molecular weight is 589 g/mol. The first-order valence-corrected chi connectivity index (χ1v) is 13.8. The zero-order valence-electron chi connectivity index (χ0n) is 21.7. The smallest absolute Gasteiger partial charge is 0.307 e. The summed E-state index contributed by atoms with van der Waals surface area (Å²) < 4.78 is 0.929. The molecule has 200 valence electrons. The highest BCUT2D eigenvalue weighted by Crippen LogP contribution is 2.33. The van der Waals surface area contributed by atoms with Crippen LogP contribution >= 0.6 is 15.9 Å². The van der Waals surface area contributed by atoms with Crippen LogP contribution in [0.4, 0.5) is 22.1 Å². The van der Waals surface area contributed by atoms with Crippen molar-refractivity contribution >= 4 is 45.2 Å². The number of rotatable bonds is 7. The number of nitrogens with zero attached hydrogens (tertiary/aromatic N) is 4. The molecule has 5 rings (SSSR count). The minimum Gasteiger partial charge on any atom is -0.307 e. The Kier molecular flexibility index (Phi) is 8.31. The topological polar surface area (TPSA) is 116 Å². The number of anilines is 3. The van der Waals surface area contributed by atoms with Crippen molar-refractivity contribution in [3.05, 3.63) is 93.5 Å². The Balaban J connectivity index is 1.35. The fourth-order valence-corrected chi connectivity index (χ4v) is 5.22. The van der Waals surface area contributed by atoms with Crippen LogP contribution in [0.3, 0.4) is 0 Å². The molecule has 0 saturated heterocycles. The number of aromatic nitrogens is 4. The molecule has 4 aromatic rings. The summed E-state index contributed by atoms with van der Waals surface area (Å²) in [7, 11) is 0. The summed E-state index contributed by atoms with van der Waals surface area (Å²) in [6.07, 6.45) is 6.30. The standard InChI is InChI=1S/C29H30BrN7O2/c1-19-7-14-24(17-26(19)30)31-29(39)37(25-15-12-22(13-16-25)21-5-3-2-4-6-21)18-20-8-10-23(11-9-20)27(38)32-28-33-35-36-34-28/h7-17,21H,2-6,18H2,1H3,(H,31,39)(H2,32,33,34,35,36,38). The molecule has 1 saturated carbocycles. The summed E-state index contributed by atoms with van der Waals surface area (Å²) in [5.41, 5.74) is 5.25. The molecule has 0 radical (unpaired) electrons. The predicted molar refractivity (Wildman–Crippen MR) is 155 cm³/mol. The van der Waals surface area contributed by atoms with Gasteiger partial charge in [-0.15, -0.1) is 5.10 Å². The van der Waals surface area contributed by atoms with Crippen molar-refractivity contribution in [1.29, 1.82) is 0 Å². The number of halogens is 1. The van der Waals surface area contributed by atoms with Crippen molar-refractivity contribution in [1.82, 2.24) is 20.6 Å². The quantitative estimate of drug-likeness (QED) is 0.219. The average Bonchev–Trinajstić information content (AvgIpc) is 3.48. The van der Waals surface area contributed by atoms with E-state index in [2.05, 4.69) is 59.3 Å². The highest BCUT2D eigenvalue weighted by atomic mass is 79.9. The van der Waals surface area contributed by atoms with E-state index in [0.717, 1.165) is 21.3 Å². The van der Waals surface area contributed by atoms with E-state index in [1.165, 1.54) is 37.7 Å². The van der Waals surface area contributed by atoms with Gasteiger partial charge < -0.3 is 5.32 Å². The van der Waals surface area contributed by atoms with Crippen LogP contribution in [0.15, 0.2) is 71.2 Å². The van der Waals surface area contributed by atoms with Crippen LogP contribution in [0, 0.1) is 6.92 Å². The Morgan fingerprint density at radius 2 is 1.72 bits per heavy atom. The lowest BCUT2D eigenvalue weighted by molar-refractivity contribution is 0.102. The summed E-state index contributed by atoms with van der Waals surface area (Å²) >= 11 is 3.54. The summed E-state index contributed by atoms with van der Waals surface area (Å²) in [6.45, 7) is 2.33. The van der Waals surface area contributed by atoms with Gasteiger partial charge in [0.2, 0.25) is 0 Å². The fraction of sp³-hybridized carbons (Fsp3) is 0.276. The van der Waals surface area contributed by atoms with E-state index >= 15 is 0 Å². The molecule has 3 aromatic carbocycles. The van der Waals surface area contributed by atoms with Gasteiger partial charge in [-0.25, -0.2) is 4.79 Å². The number of aromatic amines is 1. The fourth-order valence-electron chi connectivity index (χ4n) is 4.84.